The van der Waals surface area contributed by atoms with Crippen LogP contribution in [-0.2, 0) is 5.41 Å². The number of aryl methyl sites for hydroxylation is 2. The number of hydrogen-bond donors (Lipinski definition) is 0. The molecule has 1 aliphatic rings. The fourth-order valence-corrected chi connectivity index (χ4v) is 6.55. The monoisotopic (exact) mass is 511 g/mol. The van der Waals surface area contributed by atoms with Gasteiger partial charge in [-0.3, -0.25) is 4.98 Å². The molecule has 0 aliphatic heterocycles. The van der Waals surface area contributed by atoms with Crippen LogP contribution in [0.5, 0.6) is 0 Å². The fourth-order valence-electron chi connectivity index (χ4n) is 6.55. The average Bonchev–Trinajstić information content (AvgIpc) is 3.16. The van der Waals surface area contributed by atoms with Crippen molar-refractivity contribution in [2.45, 2.75) is 130 Å². The van der Waals surface area contributed by atoms with Crippen molar-refractivity contribution in [1.29, 1.82) is 0 Å². The van der Waals surface area contributed by atoms with Gasteiger partial charge in [0.15, 0.2) is 0 Å². The topological polar surface area (TPSA) is 12.9 Å². The summed E-state index contributed by atoms with van der Waals surface area (Å²) in [5, 5.41) is 0. The minimum Gasteiger partial charge on any atom is -0.253 e. The number of unbranched alkanes of at least 4 members (excludes halogenated alkanes) is 10. The lowest BCUT2D eigenvalue weighted by atomic mass is 9.70. The van der Waals surface area contributed by atoms with E-state index in [1.807, 2.05) is 0 Å². The van der Waals surface area contributed by atoms with Crippen LogP contribution in [-0.4, -0.2) is 4.98 Å². The third-order valence-corrected chi connectivity index (χ3v) is 8.61. The zero-order valence-corrected chi connectivity index (χ0v) is 24.0. The van der Waals surface area contributed by atoms with E-state index in [0.717, 1.165) is 11.4 Å². The van der Waals surface area contributed by atoms with Crippen molar-refractivity contribution in [3.05, 3.63) is 77.0 Å². The Labute approximate surface area is 234 Å². The molecule has 1 aliphatic carbocycles. The van der Waals surface area contributed by atoms with Crippen LogP contribution >= 0.6 is 0 Å². The summed E-state index contributed by atoms with van der Waals surface area (Å²) >= 11 is 0. The zero-order valence-electron chi connectivity index (χ0n) is 24.0. The fraction of sp³-hybridized carbons (Fsp3) is 0.541. The third-order valence-electron chi connectivity index (χ3n) is 8.61. The van der Waals surface area contributed by atoms with Gasteiger partial charge in [-0.1, -0.05) is 140 Å². The molecule has 1 nitrogen and oxygen atoms in total. The second kappa shape index (κ2) is 14.7. The van der Waals surface area contributed by atoms with Gasteiger partial charge in [0.25, 0.3) is 0 Å². The maximum atomic E-state index is 4.89. The lowest BCUT2D eigenvalue weighted by molar-refractivity contribution is 0.398. The molecule has 2 aromatic carbocycles. The largest absolute Gasteiger partial charge is 0.253 e. The van der Waals surface area contributed by atoms with Crippen molar-refractivity contribution in [3.63, 3.8) is 0 Å². The minimum atomic E-state index is 0. The SMILES string of the molecule is C.CCCCCCCCC1(CCCCCCCC)c2cc(C)ccc2-c2ccc(-c3cccc(C)n3)cc21. The molecular formula is C37H53N. The molecule has 1 heterocycles. The highest BCUT2D eigenvalue weighted by Gasteiger charge is 2.42. The van der Waals surface area contributed by atoms with E-state index >= 15 is 0 Å². The van der Waals surface area contributed by atoms with Crippen molar-refractivity contribution < 1.29 is 0 Å². The van der Waals surface area contributed by atoms with E-state index in [1.165, 1.54) is 112 Å². The van der Waals surface area contributed by atoms with Gasteiger partial charge in [0, 0.05) is 16.7 Å². The summed E-state index contributed by atoms with van der Waals surface area (Å²) in [6, 6.07) is 20.9. The van der Waals surface area contributed by atoms with Gasteiger partial charge in [-0.2, -0.15) is 0 Å². The van der Waals surface area contributed by atoms with E-state index in [2.05, 4.69) is 82.3 Å². The van der Waals surface area contributed by atoms with Gasteiger partial charge in [-0.15, -0.1) is 0 Å². The summed E-state index contributed by atoms with van der Waals surface area (Å²) in [5.41, 5.74) is 11.1. The first-order valence-corrected chi connectivity index (χ1v) is 15.3. The van der Waals surface area contributed by atoms with Gasteiger partial charge < -0.3 is 0 Å². The Bertz CT molecular complexity index is 1130. The van der Waals surface area contributed by atoms with E-state index in [1.54, 1.807) is 11.1 Å². The molecule has 4 rings (SSSR count). The molecular weight excluding hydrogens is 458 g/mol. The Morgan fingerprint density at radius 2 is 1.16 bits per heavy atom. The number of fused-ring (bicyclic) bond motifs is 3. The molecule has 0 fully saturated rings. The van der Waals surface area contributed by atoms with E-state index in [0.29, 0.717) is 0 Å². The zero-order chi connectivity index (χ0) is 26.1. The number of nitrogens with zero attached hydrogens (tertiary/aromatic N) is 1. The van der Waals surface area contributed by atoms with E-state index < -0.39 is 0 Å². The van der Waals surface area contributed by atoms with Crippen LogP contribution in [0.1, 0.15) is 134 Å². The van der Waals surface area contributed by atoms with Crippen LogP contribution in [0.2, 0.25) is 0 Å². The lowest BCUT2D eigenvalue weighted by Crippen LogP contribution is -2.25. The summed E-state index contributed by atoms with van der Waals surface area (Å²) in [7, 11) is 0. The van der Waals surface area contributed by atoms with Crippen molar-refractivity contribution >= 4 is 0 Å². The standard InChI is InChI=1S/C36H49N.CH4/c1-5-7-9-11-13-15-24-36(25-16-14-12-10-8-6-2)33-26-28(3)20-22-31(33)32-23-21-30(27-34(32)36)35-19-17-18-29(4)37-35;/h17-23,26-27H,5-16,24-25H2,1-4H3;1H4. The minimum absolute atomic E-state index is 0. The van der Waals surface area contributed by atoms with Gasteiger partial charge in [-0.25, -0.2) is 0 Å². The van der Waals surface area contributed by atoms with E-state index in [4.69, 9.17) is 4.98 Å². The van der Waals surface area contributed by atoms with Crippen molar-refractivity contribution in [1.82, 2.24) is 4.98 Å². The Balaban J connectivity index is 0.00000400. The normalized spacial score (nSPS) is 13.2. The van der Waals surface area contributed by atoms with Crippen LogP contribution in [0.15, 0.2) is 54.6 Å². The molecule has 0 radical (unpaired) electrons. The van der Waals surface area contributed by atoms with Crippen molar-refractivity contribution in [2.24, 2.45) is 0 Å². The van der Waals surface area contributed by atoms with Crippen LogP contribution in [0.3, 0.4) is 0 Å². The smallest absolute Gasteiger partial charge is 0.0705 e. The quantitative estimate of drug-likeness (QED) is 0.185. The Morgan fingerprint density at radius 3 is 1.76 bits per heavy atom. The summed E-state index contributed by atoms with van der Waals surface area (Å²) < 4.78 is 0. The Hall–Kier alpha value is -2.41. The first-order valence-electron chi connectivity index (χ1n) is 15.3. The van der Waals surface area contributed by atoms with Crippen molar-refractivity contribution in [3.8, 4) is 22.4 Å². The number of hydrogen-bond acceptors (Lipinski definition) is 1. The van der Waals surface area contributed by atoms with Gasteiger partial charge in [0.05, 0.1) is 5.69 Å². The first-order chi connectivity index (χ1) is 18.1. The molecule has 0 spiro atoms. The van der Waals surface area contributed by atoms with E-state index in [9.17, 15) is 0 Å². The van der Waals surface area contributed by atoms with Gasteiger partial charge in [-0.05, 0) is 67.1 Å². The summed E-state index contributed by atoms with van der Waals surface area (Å²) in [6.45, 7) is 8.98. The molecule has 1 heteroatoms. The maximum absolute atomic E-state index is 4.89. The van der Waals surface area contributed by atoms with Crippen LogP contribution in [0.25, 0.3) is 22.4 Å². The Kier molecular flexibility index (Phi) is 11.6. The van der Waals surface area contributed by atoms with Gasteiger partial charge in [0.2, 0.25) is 0 Å². The molecule has 0 N–H and O–H groups in total. The molecule has 0 amide bonds. The van der Waals surface area contributed by atoms with Crippen molar-refractivity contribution in [2.75, 3.05) is 0 Å². The second-order valence-electron chi connectivity index (χ2n) is 11.6. The second-order valence-corrected chi connectivity index (χ2v) is 11.6. The lowest BCUT2D eigenvalue weighted by Gasteiger charge is -2.33. The van der Waals surface area contributed by atoms with Gasteiger partial charge >= 0.3 is 0 Å². The number of rotatable bonds is 15. The third kappa shape index (κ3) is 6.96. The van der Waals surface area contributed by atoms with Gasteiger partial charge in [0.1, 0.15) is 0 Å². The molecule has 0 saturated carbocycles. The predicted molar refractivity (Wildman–Crippen MR) is 168 cm³/mol. The summed E-state index contributed by atoms with van der Waals surface area (Å²) in [5.74, 6) is 0. The average molecular weight is 512 g/mol. The number of aromatic nitrogens is 1. The molecule has 0 bridgehead atoms. The molecule has 1 aromatic heterocycles. The predicted octanol–water partition coefficient (Wildman–Crippen LogP) is 11.8. The highest BCUT2D eigenvalue weighted by molar-refractivity contribution is 5.83. The molecule has 0 saturated heterocycles. The first kappa shape index (κ1) is 30.1. The summed E-state index contributed by atoms with van der Waals surface area (Å²) in [6.07, 6.45) is 18.8. The molecule has 206 valence electrons. The number of pyridine rings is 1. The van der Waals surface area contributed by atoms with E-state index in [-0.39, 0.29) is 12.8 Å². The van der Waals surface area contributed by atoms with Crippen LogP contribution < -0.4 is 0 Å². The highest BCUT2D eigenvalue weighted by atomic mass is 14.7. The molecule has 3 aromatic rings. The molecule has 0 unspecified atom stereocenters. The maximum Gasteiger partial charge on any atom is 0.0705 e. The molecule has 38 heavy (non-hydrogen) atoms. The number of benzene rings is 2. The summed E-state index contributed by atoms with van der Waals surface area (Å²) in [4.78, 5) is 4.89. The highest BCUT2D eigenvalue weighted by Crippen LogP contribution is 2.55. The Morgan fingerprint density at radius 1 is 0.605 bits per heavy atom. The molecule has 0 atom stereocenters. The van der Waals surface area contributed by atoms with Crippen LogP contribution in [0.4, 0.5) is 0 Å². The van der Waals surface area contributed by atoms with Crippen LogP contribution in [0, 0.1) is 13.8 Å².